The van der Waals surface area contributed by atoms with Crippen molar-refractivity contribution in [2.24, 2.45) is 5.92 Å². The summed E-state index contributed by atoms with van der Waals surface area (Å²) in [6.45, 7) is 1.87. The quantitative estimate of drug-likeness (QED) is 0.905. The van der Waals surface area contributed by atoms with Crippen LogP contribution in [-0.4, -0.2) is 30.2 Å². The summed E-state index contributed by atoms with van der Waals surface area (Å²) in [6, 6.07) is 5.83. The van der Waals surface area contributed by atoms with Crippen LogP contribution in [0.15, 0.2) is 18.2 Å². The number of benzene rings is 1. The number of hydrogen-bond donors (Lipinski definition) is 1. The summed E-state index contributed by atoms with van der Waals surface area (Å²) in [5.74, 6) is 1.98. The third-order valence-corrected chi connectivity index (χ3v) is 4.56. The van der Waals surface area contributed by atoms with Crippen molar-refractivity contribution in [2.75, 3.05) is 20.2 Å². The highest BCUT2D eigenvalue weighted by Crippen LogP contribution is 2.38. The van der Waals surface area contributed by atoms with Gasteiger partial charge < -0.3 is 9.84 Å². The van der Waals surface area contributed by atoms with Gasteiger partial charge in [-0.2, -0.15) is 0 Å². The number of aromatic hydroxyl groups is 1. The maximum atomic E-state index is 9.49. The first-order valence-electron chi connectivity index (χ1n) is 7.40. The maximum absolute atomic E-state index is 9.49. The Morgan fingerprint density at radius 2 is 2.05 bits per heavy atom. The Labute approximate surface area is 115 Å². The van der Waals surface area contributed by atoms with E-state index in [1.807, 2.05) is 6.07 Å². The van der Waals surface area contributed by atoms with E-state index in [0.717, 1.165) is 18.2 Å². The molecule has 104 valence electrons. The van der Waals surface area contributed by atoms with Crippen LogP contribution in [0.3, 0.4) is 0 Å². The lowest BCUT2D eigenvalue weighted by atomic mass is 9.88. The number of phenolic OH excluding ortho intramolecular Hbond substituents is 1. The fraction of sp³-hybridized carbons (Fsp3) is 0.625. The normalized spacial score (nSPS) is 23.4. The van der Waals surface area contributed by atoms with Crippen molar-refractivity contribution in [3.63, 3.8) is 0 Å². The van der Waals surface area contributed by atoms with Crippen LogP contribution in [0.25, 0.3) is 0 Å². The van der Waals surface area contributed by atoms with Crippen molar-refractivity contribution < 1.29 is 9.84 Å². The summed E-state index contributed by atoms with van der Waals surface area (Å²) < 4.78 is 5.70. The van der Waals surface area contributed by atoms with Gasteiger partial charge in [-0.05, 0) is 37.9 Å². The van der Waals surface area contributed by atoms with Gasteiger partial charge in [0.15, 0.2) is 0 Å². The Kier molecular flexibility index (Phi) is 3.65. The van der Waals surface area contributed by atoms with Crippen LogP contribution in [0.5, 0.6) is 11.5 Å². The minimum absolute atomic E-state index is 0.286. The molecule has 3 nitrogen and oxygen atoms in total. The fourth-order valence-corrected chi connectivity index (χ4v) is 3.45. The number of nitrogens with zero attached hydrogens (tertiary/aromatic N) is 1. The molecule has 0 radical (unpaired) electrons. The predicted octanol–water partition coefficient (Wildman–Crippen LogP) is 3.34. The van der Waals surface area contributed by atoms with Gasteiger partial charge >= 0.3 is 0 Å². The first-order chi connectivity index (χ1) is 9.24. The lowest BCUT2D eigenvalue weighted by Crippen LogP contribution is -2.31. The molecule has 19 heavy (non-hydrogen) atoms. The molecule has 0 aromatic heterocycles. The highest BCUT2D eigenvalue weighted by Gasteiger charge is 2.29. The molecule has 0 bridgehead atoms. The van der Waals surface area contributed by atoms with Gasteiger partial charge in [0.05, 0.1) is 6.04 Å². The fourth-order valence-electron chi connectivity index (χ4n) is 3.45. The highest BCUT2D eigenvalue weighted by atomic mass is 16.5. The molecule has 1 aromatic rings. The van der Waals surface area contributed by atoms with Gasteiger partial charge in [0.2, 0.25) is 0 Å². The summed E-state index contributed by atoms with van der Waals surface area (Å²) >= 11 is 0. The van der Waals surface area contributed by atoms with Crippen LogP contribution in [0.2, 0.25) is 0 Å². The Hall–Kier alpha value is -1.22. The molecular formula is C16H23NO2. The van der Waals surface area contributed by atoms with E-state index in [0.29, 0.717) is 12.6 Å². The lowest BCUT2D eigenvalue weighted by molar-refractivity contribution is 0.157. The van der Waals surface area contributed by atoms with Crippen molar-refractivity contribution in [1.29, 1.82) is 0 Å². The van der Waals surface area contributed by atoms with E-state index >= 15 is 0 Å². The molecule has 1 aliphatic carbocycles. The molecule has 3 heteroatoms. The van der Waals surface area contributed by atoms with Crippen molar-refractivity contribution in [2.45, 2.75) is 38.1 Å². The van der Waals surface area contributed by atoms with Crippen LogP contribution >= 0.6 is 0 Å². The van der Waals surface area contributed by atoms with Crippen molar-refractivity contribution in [3.8, 4) is 11.5 Å². The van der Waals surface area contributed by atoms with Gasteiger partial charge in [-0.1, -0.05) is 19.3 Å². The molecule has 1 N–H and O–H groups in total. The van der Waals surface area contributed by atoms with E-state index in [9.17, 15) is 5.11 Å². The van der Waals surface area contributed by atoms with Gasteiger partial charge in [-0.15, -0.1) is 0 Å². The zero-order valence-corrected chi connectivity index (χ0v) is 11.6. The molecule has 1 saturated carbocycles. The Morgan fingerprint density at radius 1 is 1.26 bits per heavy atom. The molecule has 1 aliphatic heterocycles. The number of phenols is 1. The standard InChI is InChI=1S/C16H23NO2/c1-17(10-12-5-3-2-4-6-12)15-11-19-16-9-13(18)7-8-14(15)16/h7-9,12,15,18H,2-6,10-11H2,1H3. The van der Waals surface area contributed by atoms with E-state index in [1.54, 1.807) is 12.1 Å². The lowest BCUT2D eigenvalue weighted by Gasteiger charge is -2.30. The van der Waals surface area contributed by atoms with Crippen LogP contribution in [0.1, 0.15) is 43.7 Å². The number of hydrogen-bond acceptors (Lipinski definition) is 3. The van der Waals surface area contributed by atoms with Crippen LogP contribution in [0, 0.1) is 5.92 Å². The Bertz CT molecular complexity index is 440. The maximum Gasteiger partial charge on any atom is 0.127 e. The van der Waals surface area contributed by atoms with Crippen LogP contribution < -0.4 is 4.74 Å². The van der Waals surface area contributed by atoms with Gasteiger partial charge in [0, 0.05) is 18.2 Å². The average molecular weight is 261 g/mol. The second-order valence-corrected chi connectivity index (χ2v) is 5.99. The highest BCUT2D eigenvalue weighted by molar-refractivity contribution is 5.44. The van der Waals surface area contributed by atoms with Crippen molar-refractivity contribution in [1.82, 2.24) is 4.90 Å². The second-order valence-electron chi connectivity index (χ2n) is 5.99. The van der Waals surface area contributed by atoms with E-state index in [1.165, 1.54) is 37.7 Å². The largest absolute Gasteiger partial charge is 0.508 e. The monoisotopic (exact) mass is 261 g/mol. The van der Waals surface area contributed by atoms with E-state index in [-0.39, 0.29) is 5.75 Å². The van der Waals surface area contributed by atoms with E-state index in [2.05, 4.69) is 11.9 Å². The molecule has 0 amide bonds. The number of likely N-dealkylation sites (N-methyl/N-ethyl adjacent to an activating group) is 1. The average Bonchev–Trinajstić information content (AvgIpc) is 2.82. The second kappa shape index (κ2) is 5.41. The van der Waals surface area contributed by atoms with E-state index < -0.39 is 0 Å². The van der Waals surface area contributed by atoms with Crippen LogP contribution in [0.4, 0.5) is 0 Å². The predicted molar refractivity (Wildman–Crippen MR) is 75.5 cm³/mol. The minimum atomic E-state index is 0.286. The SMILES string of the molecule is CN(CC1CCCCC1)C1COc2cc(O)ccc21. The molecule has 1 atom stereocenters. The zero-order chi connectivity index (χ0) is 13.2. The summed E-state index contributed by atoms with van der Waals surface area (Å²) in [6.07, 6.45) is 6.95. The third kappa shape index (κ3) is 2.71. The molecule has 1 aromatic carbocycles. The minimum Gasteiger partial charge on any atom is -0.508 e. The molecular weight excluding hydrogens is 238 g/mol. The van der Waals surface area contributed by atoms with Gasteiger partial charge in [-0.25, -0.2) is 0 Å². The zero-order valence-electron chi connectivity index (χ0n) is 11.6. The third-order valence-electron chi connectivity index (χ3n) is 4.56. The van der Waals surface area contributed by atoms with Gasteiger partial charge in [0.25, 0.3) is 0 Å². The first-order valence-corrected chi connectivity index (χ1v) is 7.40. The Morgan fingerprint density at radius 3 is 2.84 bits per heavy atom. The molecule has 0 saturated heterocycles. The van der Waals surface area contributed by atoms with Gasteiger partial charge in [-0.3, -0.25) is 4.90 Å². The molecule has 1 unspecified atom stereocenters. The number of rotatable bonds is 3. The van der Waals surface area contributed by atoms with E-state index in [4.69, 9.17) is 4.74 Å². The number of fused-ring (bicyclic) bond motifs is 1. The topological polar surface area (TPSA) is 32.7 Å². The van der Waals surface area contributed by atoms with Crippen LogP contribution in [-0.2, 0) is 0 Å². The van der Waals surface area contributed by atoms with Gasteiger partial charge in [0.1, 0.15) is 18.1 Å². The summed E-state index contributed by atoms with van der Waals surface area (Å²) in [5.41, 5.74) is 1.22. The smallest absolute Gasteiger partial charge is 0.127 e. The molecule has 1 fully saturated rings. The molecule has 1 heterocycles. The first kappa shape index (κ1) is 12.8. The summed E-state index contributed by atoms with van der Waals surface area (Å²) in [5, 5.41) is 9.49. The number of ether oxygens (including phenoxy) is 1. The molecule has 2 aliphatic rings. The molecule has 3 rings (SSSR count). The summed E-state index contributed by atoms with van der Waals surface area (Å²) in [7, 11) is 2.20. The van der Waals surface area contributed by atoms with Crippen molar-refractivity contribution >= 4 is 0 Å². The molecule has 0 spiro atoms. The van der Waals surface area contributed by atoms with Crippen molar-refractivity contribution in [3.05, 3.63) is 23.8 Å². The summed E-state index contributed by atoms with van der Waals surface area (Å²) in [4.78, 5) is 2.43. The Balaban J connectivity index is 1.67.